The van der Waals surface area contributed by atoms with Gasteiger partial charge in [0.15, 0.2) is 0 Å². The summed E-state index contributed by atoms with van der Waals surface area (Å²) in [6.45, 7) is 0. The second-order valence-electron chi connectivity index (χ2n) is 5.60. The molecule has 20 heavy (non-hydrogen) atoms. The number of carbonyl (C=O) groups is 1. The molecule has 0 radical (unpaired) electrons. The largest absolute Gasteiger partial charge is 0.399 e. The van der Waals surface area contributed by atoms with Crippen LogP contribution in [-0.2, 0) is 0 Å². The third kappa shape index (κ3) is 3.22. The molecule has 1 fully saturated rings. The van der Waals surface area contributed by atoms with Crippen molar-refractivity contribution in [2.45, 2.75) is 37.8 Å². The molecule has 2 unspecified atom stereocenters. The molecule has 1 aromatic rings. The molecule has 2 rings (SSSR count). The van der Waals surface area contributed by atoms with Crippen LogP contribution in [0.25, 0.3) is 0 Å². The fraction of sp³-hybridized carbons (Fsp3) is 0.533. The molecule has 1 saturated carbocycles. The van der Waals surface area contributed by atoms with Gasteiger partial charge in [-0.2, -0.15) is 0 Å². The van der Waals surface area contributed by atoms with Crippen molar-refractivity contribution in [1.29, 1.82) is 0 Å². The van der Waals surface area contributed by atoms with Gasteiger partial charge < -0.3 is 21.1 Å². The van der Waals surface area contributed by atoms with Crippen LogP contribution in [0.4, 0.5) is 11.4 Å². The average molecular weight is 277 g/mol. The quantitative estimate of drug-likeness (QED) is 0.729. The normalized spacial score (nSPS) is 22.4. The molecular formula is C15H23N3O2. The van der Waals surface area contributed by atoms with Gasteiger partial charge in [-0.3, -0.25) is 4.79 Å². The SMILES string of the molecule is CN(C)c1ccc(N)cc1C(=O)NC1CCCCC1O. The summed E-state index contributed by atoms with van der Waals surface area (Å²) in [5.41, 5.74) is 7.71. The van der Waals surface area contributed by atoms with Crippen LogP contribution < -0.4 is 16.0 Å². The van der Waals surface area contributed by atoms with Crippen molar-refractivity contribution in [1.82, 2.24) is 5.32 Å². The molecule has 110 valence electrons. The third-order valence-electron chi connectivity index (χ3n) is 3.79. The van der Waals surface area contributed by atoms with Gasteiger partial charge in [-0.25, -0.2) is 0 Å². The summed E-state index contributed by atoms with van der Waals surface area (Å²) in [5, 5.41) is 12.9. The Bertz CT molecular complexity index is 488. The maximum absolute atomic E-state index is 12.4. The van der Waals surface area contributed by atoms with Gasteiger partial charge in [-0.1, -0.05) is 12.8 Å². The second-order valence-corrected chi connectivity index (χ2v) is 5.60. The molecule has 1 aliphatic rings. The predicted molar refractivity (Wildman–Crippen MR) is 80.9 cm³/mol. The van der Waals surface area contributed by atoms with E-state index in [0.717, 1.165) is 31.4 Å². The molecule has 0 heterocycles. The van der Waals surface area contributed by atoms with Crippen LogP contribution in [0, 0.1) is 0 Å². The lowest BCUT2D eigenvalue weighted by molar-refractivity contribution is 0.0717. The maximum atomic E-state index is 12.4. The van der Waals surface area contributed by atoms with Crippen LogP contribution in [-0.4, -0.2) is 37.3 Å². The van der Waals surface area contributed by atoms with Crippen LogP contribution in [0.5, 0.6) is 0 Å². The monoisotopic (exact) mass is 277 g/mol. The number of rotatable bonds is 3. The molecule has 1 amide bonds. The first-order valence-corrected chi connectivity index (χ1v) is 7.05. The predicted octanol–water partition coefficient (Wildman–Crippen LogP) is 1.37. The minimum Gasteiger partial charge on any atom is -0.399 e. The standard InChI is InChI=1S/C15H23N3O2/c1-18(2)13-8-7-10(16)9-11(13)15(20)17-12-5-3-4-6-14(12)19/h7-9,12,14,19H,3-6,16H2,1-2H3,(H,17,20). The van der Waals surface area contributed by atoms with E-state index in [1.165, 1.54) is 0 Å². The van der Waals surface area contributed by atoms with E-state index in [9.17, 15) is 9.90 Å². The number of aliphatic hydroxyl groups is 1. The lowest BCUT2D eigenvalue weighted by atomic mass is 9.92. The van der Waals surface area contributed by atoms with Gasteiger partial charge in [0.05, 0.1) is 17.7 Å². The number of nitrogens with zero attached hydrogens (tertiary/aromatic N) is 1. The number of anilines is 2. The van der Waals surface area contributed by atoms with Crippen LogP contribution in [0.2, 0.25) is 0 Å². The van der Waals surface area contributed by atoms with Crippen molar-refractivity contribution in [2.24, 2.45) is 0 Å². The molecule has 5 heteroatoms. The number of hydrogen-bond donors (Lipinski definition) is 3. The topological polar surface area (TPSA) is 78.6 Å². The van der Waals surface area contributed by atoms with Gasteiger partial charge in [-0.15, -0.1) is 0 Å². The lowest BCUT2D eigenvalue weighted by Crippen LogP contribution is -2.45. The van der Waals surface area contributed by atoms with E-state index in [-0.39, 0.29) is 11.9 Å². The number of nitrogens with two attached hydrogens (primary N) is 1. The number of aliphatic hydroxyl groups excluding tert-OH is 1. The molecule has 2 atom stereocenters. The highest BCUT2D eigenvalue weighted by atomic mass is 16.3. The summed E-state index contributed by atoms with van der Waals surface area (Å²) in [6.07, 6.45) is 3.19. The summed E-state index contributed by atoms with van der Waals surface area (Å²) in [7, 11) is 3.77. The molecule has 0 spiro atoms. The molecule has 0 aliphatic heterocycles. The Morgan fingerprint density at radius 2 is 2.05 bits per heavy atom. The molecule has 0 saturated heterocycles. The van der Waals surface area contributed by atoms with Gasteiger partial charge in [0, 0.05) is 25.5 Å². The maximum Gasteiger partial charge on any atom is 0.253 e. The minimum atomic E-state index is -0.448. The first kappa shape index (κ1) is 14.7. The number of hydrogen-bond acceptors (Lipinski definition) is 4. The van der Waals surface area contributed by atoms with Crippen LogP contribution >= 0.6 is 0 Å². The number of nitrogens with one attached hydrogen (secondary N) is 1. The zero-order chi connectivity index (χ0) is 14.7. The lowest BCUT2D eigenvalue weighted by Gasteiger charge is -2.29. The molecule has 4 N–H and O–H groups in total. The highest BCUT2D eigenvalue weighted by molar-refractivity contribution is 6.00. The summed E-state index contributed by atoms with van der Waals surface area (Å²) >= 11 is 0. The van der Waals surface area contributed by atoms with Gasteiger partial charge in [0.1, 0.15) is 0 Å². The number of nitrogen functional groups attached to an aromatic ring is 1. The van der Waals surface area contributed by atoms with Crippen molar-refractivity contribution >= 4 is 17.3 Å². The zero-order valence-electron chi connectivity index (χ0n) is 12.1. The van der Waals surface area contributed by atoms with Crippen molar-refractivity contribution in [3.05, 3.63) is 23.8 Å². The van der Waals surface area contributed by atoms with Crippen molar-refractivity contribution < 1.29 is 9.90 Å². The highest BCUT2D eigenvalue weighted by Gasteiger charge is 2.25. The Labute approximate surface area is 119 Å². The van der Waals surface area contributed by atoms with E-state index < -0.39 is 6.10 Å². The van der Waals surface area contributed by atoms with E-state index in [1.807, 2.05) is 25.1 Å². The summed E-state index contributed by atoms with van der Waals surface area (Å²) in [5.74, 6) is -0.174. The van der Waals surface area contributed by atoms with Crippen molar-refractivity contribution in [3.8, 4) is 0 Å². The third-order valence-corrected chi connectivity index (χ3v) is 3.79. The zero-order valence-corrected chi connectivity index (χ0v) is 12.1. The fourth-order valence-corrected chi connectivity index (χ4v) is 2.65. The number of carbonyl (C=O) groups excluding carboxylic acids is 1. The summed E-state index contributed by atoms with van der Waals surface area (Å²) in [6, 6.07) is 5.14. The van der Waals surface area contributed by atoms with E-state index in [0.29, 0.717) is 11.3 Å². The average Bonchev–Trinajstić information content (AvgIpc) is 2.40. The van der Waals surface area contributed by atoms with Gasteiger partial charge >= 0.3 is 0 Å². The molecule has 1 aliphatic carbocycles. The van der Waals surface area contributed by atoms with Gasteiger partial charge in [0.25, 0.3) is 5.91 Å². The second kappa shape index (κ2) is 6.13. The fourth-order valence-electron chi connectivity index (χ4n) is 2.65. The smallest absolute Gasteiger partial charge is 0.253 e. The van der Waals surface area contributed by atoms with Crippen LogP contribution in [0.3, 0.4) is 0 Å². The van der Waals surface area contributed by atoms with Crippen LogP contribution in [0.1, 0.15) is 36.0 Å². The molecule has 0 bridgehead atoms. The molecule has 1 aromatic carbocycles. The van der Waals surface area contributed by atoms with E-state index in [2.05, 4.69) is 5.32 Å². The Morgan fingerprint density at radius 1 is 1.35 bits per heavy atom. The Kier molecular flexibility index (Phi) is 4.49. The van der Waals surface area contributed by atoms with E-state index in [1.54, 1.807) is 12.1 Å². The summed E-state index contributed by atoms with van der Waals surface area (Å²) in [4.78, 5) is 14.3. The van der Waals surface area contributed by atoms with Gasteiger partial charge in [0.2, 0.25) is 0 Å². The van der Waals surface area contributed by atoms with Crippen molar-refractivity contribution in [2.75, 3.05) is 24.7 Å². The number of benzene rings is 1. The van der Waals surface area contributed by atoms with Gasteiger partial charge in [-0.05, 0) is 31.0 Å². The summed E-state index contributed by atoms with van der Waals surface area (Å²) < 4.78 is 0. The Balaban J connectivity index is 2.18. The Morgan fingerprint density at radius 3 is 2.70 bits per heavy atom. The molecule has 0 aromatic heterocycles. The first-order valence-electron chi connectivity index (χ1n) is 7.05. The van der Waals surface area contributed by atoms with E-state index in [4.69, 9.17) is 5.73 Å². The minimum absolute atomic E-state index is 0.160. The van der Waals surface area contributed by atoms with Crippen LogP contribution in [0.15, 0.2) is 18.2 Å². The van der Waals surface area contributed by atoms with E-state index >= 15 is 0 Å². The van der Waals surface area contributed by atoms with Crippen molar-refractivity contribution in [3.63, 3.8) is 0 Å². The number of amides is 1. The first-order chi connectivity index (χ1) is 9.49. The molecular weight excluding hydrogens is 254 g/mol. The molecule has 5 nitrogen and oxygen atoms in total. The highest BCUT2D eigenvalue weighted by Crippen LogP contribution is 2.23. The Hall–Kier alpha value is -1.75.